The lowest BCUT2D eigenvalue weighted by atomic mass is 10.2. The molecule has 0 heterocycles. The van der Waals surface area contributed by atoms with Crippen LogP contribution in [0.15, 0.2) is 54.6 Å². The van der Waals surface area contributed by atoms with E-state index >= 15 is 0 Å². The third-order valence-corrected chi connectivity index (χ3v) is 2.63. The van der Waals surface area contributed by atoms with E-state index in [0.29, 0.717) is 0 Å². The Hall–Kier alpha value is -2.35. The first-order valence-corrected chi connectivity index (χ1v) is 6.17. The van der Waals surface area contributed by atoms with Crippen LogP contribution in [0.5, 0.6) is 11.5 Å². The van der Waals surface area contributed by atoms with Crippen LogP contribution in [0, 0.1) is 6.92 Å². The number of aryl methyl sites for hydroxylation is 1. The van der Waals surface area contributed by atoms with Crippen molar-refractivity contribution in [1.29, 1.82) is 0 Å². The van der Waals surface area contributed by atoms with E-state index in [1.807, 2.05) is 55.5 Å². The molecule has 0 unspecified atom stereocenters. The van der Waals surface area contributed by atoms with Crippen LogP contribution < -0.4 is 4.74 Å². The Labute approximate surface area is 113 Å². The van der Waals surface area contributed by atoms with Crippen LogP contribution in [-0.2, 0) is 4.79 Å². The Balaban J connectivity index is 2.15. The highest BCUT2D eigenvalue weighted by Crippen LogP contribution is 2.22. The molecule has 0 aromatic heterocycles. The summed E-state index contributed by atoms with van der Waals surface area (Å²) in [5, 5.41) is 0. The smallest absolute Gasteiger partial charge is 0.152 e. The maximum absolute atomic E-state index is 10.9. The van der Waals surface area contributed by atoms with Gasteiger partial charge in [-0.15, -0.1) is 0 Å². The molecule has 0 spiro atoms. The van der Waals surface area contributed by atoms with Gasteiger partial charge in [-0.1, -0.05) is 35.9 Å². The van der Waals surface area contributed by atoms with Crippen molar-refractivity contribution in [2.24, 2.45) is 0 Å². The van der Waals surface area contributed by atoms with Gasteiger partial charge in [0.1, 0.15) is 11.5 Å². The molecule has 96 valence electrons. The van der Waals surface area contributed by atoms with Crippen LogP contribution in [0.3, 0.4) is 0 Å². The van der Waals surface area contributed by atoms with Crippen molar-refractivity contribution in [2.45, 2.75) is 13.8 Å². The minimum atomic E-state index is 0.0323. The molecule has 2 nitrogen and oxygen atoms in total. The van der Waals surface area contributed by atoms with Crippen LogP contribution in [0.1, 0.15) is 18.1 Å². The molecule has 2 heteroatoms. The first kappa shape index (κ1) is 13.1. The Bertz CT molecular complexity index is 595. The Morgan fingerprint density at radius 3 is 2.47 bits per heavy atom. The number of allylic oxidation sites excluding steroid dienone is 1. The average Bonchev–Trinajstić information content (AvgIpc) is 2.40. The molecule has 0 saturated carbocycles. The van der Waals surface area contributed by atoms with E-state index in [1.54, 1.807) is 12.2 Å². The predicted molar refractivity (Wildman–Crippen MR) is 77.4 cm³/mol. The molecule has 0 aliphatic rings. The summed E-state index contributed by atoms with van der Waals surface area (Å²) in [4.78, 5) is 10.9. The summed E-state index contributed by atoms with van der Waals surface area (Å²) in [7, 11) is 0. The van der Waals surface area contributed by atoms with E-state index in [4.69, 9.17) is 4.74 Å². The zero-order valence-corrected chi connectivity index (χ0v) is 11.1. The van der Waals surface area contributed by atoms with Gasteiger partial charge in [0.05, 0.1) is 0 Å². The molecule has 0 radical (unpaired) electrons. The lowest BCUT2D eigenvalue weighted by Crippen LogP contribution is -1.85. The highest BCUT2D eigenvalue weighted by atomic mass is 16.5. The second kappa shape index (κ2) is 6.01. The summed E-state index contributed by atoms with van der Waals surface area (Å²) < 4.78 is 5.76. The van der Waals surface area contributed by atoms with E-state index in [1.165, 1.54) is 12.5 Å². The molecule has 2 aromatic carbocycles. The fourth-order valence-corrected chi connectivity index (χ4v) is 1.64. The Kier molecular flexibility index (Phi) is 4.14. The highest BCUT2D eigenvalue weighted by Gasteiger charge is 1.98. The van der Waals surface area contributed by atoms with Gasteiger partial charge in [0.2, 0.25) is 0 Å². The SMILES string of the molecule is CC(=O)C=Cc1cccc(Oc2ccc(C)cc2)c1. The third-order valence-electron chi connectivity index (χ3n) is 2.63. The fraction of sp³-hybridized carbons (Fsp3) is 0.118. The van der Waals surface area contributed by atoms with Crippen LogP contribution >= 0.6 is 0 Å². The monoisotopic (exact) mass is 252 g/mol. The number of carbonyl (C=O) groups is 1. The second-order valence-corrected chi connectivity index (χ2v) is 4.43. The van der Waals surface area contributed by atoms with Crippen LogP contribution in [0.4, 0.5) is 0 Å². The average molecular weight is 252 g/mol. The minimum absolute atomic E-state index is 0.0323. The molecule has 2 rings (SSSR count). The van der Waals surface area contributed by atoms with Crippen molar-refractivity contribution >= 4 is 11.9 Å². The van der Waals surface area contributed by atoms with Crippen molar-refractivity contribution in [3.8, 4) is 11.5 Å². The molecule has 0 amide bonds. The zero-order chi connectivity index (χ0) is 13.7. The Morgan fingerprint density at radius 2 is 1.79 bits per heavy atom. The topological polar surface area (TPSA) is 26.3 Å². The van der Waals surface area contributed by atoms with E-state index < -0.39 is 0 Å². The molecule has 2 aromatic rings. The minimum Gasteiger partial charge on any atom is -0.457 e. The summed E-state index contributed by atoms with van der Waals surface area (Å²) in [6.07, 6.45) is 3.33. The van der Waals surface area contributed by atoms with Gasteiger partial charge >= 0.3 is 0 Å². The van der Waals surface area contributed by atoms with Crippen molar-refractivity contribution in [3.63, 3.8) is 0 Å². The molecule has 0 aliphatic carbocycles. The highest BCUT2D eigenvalue weighted by molar-refractivity contribution is 5.91. The van der Waals surface area contributed by atoms with Gasteiger partial charge in [-0.25, -0.2) is 0 Å². The molecular weight excluding hydrogens is 236 g/mol. The summed E-state index contributed by atoms with van der Waals surface area (Å²) in [6.45, 7) is 3.57. The van der Waals surface area contributed by atoms with Crippen LogP contribution in [-0.4, -0.2) is 5.78 Å². The molecule has 0 atom stereocenters. The Morgan fingerprint density at radius 1 is 1.05 bits per heavy atom. The van der Waals surface area contributed by atoms with Crippen molar-refractivity contribution in [2.75, 3.05) is 0 Å². The van der Waals surface area contributed by atoms with E-state index in [-0.39, 0.29) is 5.78 Å². The van der Waals surface area contributed by atoms with Gasteiger partial charge in [-0.3, -0.25) is 4.79 Å². The number of benzene rings is 2. The second-order valence-electron chi connectivity index (χ2n) is 4.43. The lowest BCUT2D eigenvalue weighted by Gasteiger charge is -2.06. The number of ether oxygens (including phenoxy) is 1. The molecule has 0 aliphatic heterocycles. The van der Waals surface area contributed by atoms with Crippen molar-refractivity contribution in [1.82, 2.24) is 0 Å². The zero-order valence-electron chi connectivity index (χ0n) is 11.1. The van der Waals surface area contributed by atoms with Gasteiger partial charge < -0.3 is 4.74 Å². The van der Waals surface area contributed by atoms with Gasteiger partial charge in [0, 0.05) is 0 Å². The molecule has 0 saturated heterocycles. The first-order valence-electron chi connectivity index (χ1n) is 6.17. The standard InChI is InChI=1S/C17H16O2/c1-13-6-10-16(11-7-13)19-17-5-3-4-15(12-17)9-8-14(2)18/h3-12H,1-2H3. The maximum Gasteiger partial charge on any atom is 0.152 e. The van der Waals surface area contributed by atoms with Gasteiger partial charge in [-0.2, -0.15) is 0 Å². The summed E-state index contributed by atoms with van der Waals surface area (Å²) in [5.41, 5.74) is 2.14. The number of hydrogen-bond donors (Lipinski definition) is 0. The van der Waals surface area contributed by atoms with E-state index in [0.717, 1.165) is 17.1 Å². The summed E-state index contributed by atoms with van der Waals surface area (Å²) in [5.74, 6) is 1.60. The molecule has 0 fully saturated rings. The normalized spacial score (nSPS) is 10.6. The summed E-state index contributed by atoms with van der Waals surface area (Å²) in [6, 6.07) is 15.5. The van der Waals surface area contributed by atoms with Gasteiger partial charge in [-0.05, 0) is 49.8 Å². The number of ketones is 1. The van der Waals surface area contributed by atoms with Crippen LogP contribution in [0.25, 0.3) is 6.08 Å². The molecule has 19 heavy (non-hydrogen) atoms. The largest absolute Gasteiger partial charge is 0.457 e. The van der Waals surface area contributed by atoms with Crippen LogP contribution in [0.2, 0.25) is 0 Å². The van der Waals surface area contributed by atoms with Gasteiger partial charge in [0.15, 0.2) is 5.78 Å². The first-order chi connectivity index (χ1) is 9.13. The maximum atomic E-state index is 10.9. The lowest BCUT2D eigenvalue weighted by molar-refractivity contribution is -0.112. The van der Waals surface area contributed by atoms with Crippen molar-refractivity contribution < 1.29 is 9.53 Å². The number of carbonyl (C=O) groups excluding carboxylic acids is 1. The molecule has 0 N–H and O–H groups in total. The molecule has 0 bridgehead atoms. The van der Waals surface area contributed by atoms with Crippen molar-refractivity contribution in [3.05, 3.63) is 65.7 Å². The third kappa shape index (κ3) is 4.11. The number of hydrogen-bond acceptors (Lipinski definition) is 2. The van der Waals surface area contributed by atoms with E-state index in [2.05, 4.69) is 0 Å². The number of rotatable bonds is 4. The van der Waals surface area contributed by atoms with Gasteiger partial charge in [0.25, 0.3) is 0 Å². The predicted octanol–water partition coefficient (Wildman–Crippen LogP) is 4.39. The summed E-state index contributed by atoms with van der Waals surface area (Å²) >= 11 is 0. The quantitative estimate of drug-likeness (QED) is 0.754. The molecular formula is C17H16O2. The fourth-order valence-electron chi connectivity index (χ4n) is 1.64. The van der Waals surface area contributed by atoms with E-state index in [9.17, 15) is 4.79 Å².